The van der Waals surface area contributed by atoms with Crippen molar-refractivity contribution in [2.24, 2.45) is 0 Å². The van der Waals surface area contributed by atoms with E-state index >= 15 is 0 Å². The molecular weight excluding hydrogens is 743 g/mol. The van der Waals surface area contributed by atoms with Crippen molar-refractivity contribution in [3.63, 3.8) is 0 Å². The SMILES string of the molecule is Cc1c([C@@H](NC(=O)Nc2cnc(NCCCNC(=O)COc3cccc4c3C(=O)N(C3CCC(=O)NC3=O)C4=O)nc2)C(F)(F)F)oc2c(F)cc(F)cc12. The minimum atomic E-state index is -5.07. The smallest absolute Gasteiger partial charge is 0.416 e. The maximum absolute atomic E-state index is 14.1. The summed E-state index contributed by atoms with van der Waals surface area (Å²) in [5, 5.41) is 11.3. The van der Waals surface area contributed by atoms with Crippen LogP contribution in [0.2, 0.25) is 0 Å². The molecule has 2 aromatic heterocycles. The number of fused-ring (bicyclic) bond motifs is 2. The lowest BCUT2D eigenvalue weighted by Gasteiger charge is -2.27. The van der Waals surface area contributed by atoms with Crippen LogP contribution in [0.25, 0.3) is 11.0 Å². The van der Waals surface area contributed by atoms with Crippen molar-refractivity contribution in [1.29, 1.82) is 0 Å². The molecule has 4 aromatic rings. The van der Waals surface area contributed by atoms with E-state index in [1.807, 2.05) is 0 Å². The highest BCUT2D eigenvalue weighted by atomic mass is 19.4. The van der Waals surface area contributed by atoms with Crippen LogP contribution in [0.3, 0.4) is 0 Å². The first-order valence-corrected chi connectivity index (χ1v) is 16.4. The van der Waals surface area contributed by atoms with Gasteiger partial charge in [0.05, 0.1) is 29.2 Å². The van der Waals surface area contributed by atoms with Gasteiger partial charge in [-0.15, -0.1) is 0 Å². The fourth-order valence-corrected chi connectivity index (χ4v) is 5.93. The third-order valence-electron chi connectivity index (χ3n) is 8.52. The first kappa shape index (κ1) is 38.1. The fourth-order valence-electron chi connectivity index (χ4n) is 5.93. The second-order valence-electron chi connectivity index (χ2n) is 12.3. The largest absolute Gasteiger partial charge is 0.483 e. The molecule has 1 unspecified atom stereocenters. The first-order chi connectivity index (χ1) is 26.1. The predicted octanol–water partition coefficient (Wildman–Crippen LogP) is 3.63. The number of amides is 7. The minimum Gasteiger partial charge on any atom is -0.483 e. The van der Waals surface area contributed by atoms with Gasteiger partial charge in [-0.25, -0.2) is 23.5 Å². The molecule has 2 aliphatic rings. The Morgan fingerprint density at radius 1 is 1.07 bits per heavy atom. The molecule has 0 spiro atoms. The average molecular weight is 773 g/mol. The Morgan fingerprint density at radius 3 is 2.53 bits per heavy atom. The number of nitrogens with one attached hydrogen (secondary N) is 5. The average Bonchev–Trinajstić information content (AvgIpc) is 3.58. The fraction of sp³-hybridized carbons (Fsp3) is 0.294. The van der Waals surface area contributed by atoms with E-state index in [0.29, 0.717) is 12.5 Å². The number of rotatable bonds is 12. The maximum atomic E-state index is 14.1. The van der Waals surface area contributed by atoms with Crippen LogP contribution >= 0.6 is 0 Å². The number of aryl methyl sites for hydroxylation is 1. The predicted molar refractivity (Wildman–Crippen MR) is 179 cm³/mol. The van der Waals surface area contributed by atoms with Gasteiger partial charge in [-0.05, 0) is 38.0 Å². The molecule has 1 saturated heterocycles. The number of piperidine rings is 1. The number of nitrogens with zero attached hydrogens (tertiary/aromatic N) is 3. The molecule has 16 nitrogen and oxygen atoms in total. The number of carbonyl (C=O) groups is 6. The maximum Gasteiger partial charge on any atom is 0.416 e. The molecule has 6 rings (SSSR count). The van der Waals surface area contributed by atoms with Gasteiger partial charge in [0.1, 0.15) is 23.4 Å². The van der Waals surface area contributed by atoms with Gasteiger partial charge in [-0.1, -0.05) is 6.07 Å². The Bertz CT molecular complexity index is 2210. The van der Waals surface area contributed by atoms with Gasteiger partial charge in [0.15, 0.2) is 24.0 Å². The van der Waals surface area contributed by atoms with Gasteiger partial charge < -0.3 is 30.4 Å². The summed E-state index contributed by atoms with van der Waals surface area (Å²) in [6, 6.07) is 0.350. The van der Waals surface area contributed by atoms with Crippen LogP contribution in [0.15, 0.2) is 47.1 Å². The number of hydrogen-bond donors (Lipinski definition) is 5. The van der Waals surface area contributed by atoms with E-state index in [1.165, 1.54) is 25.1 Å². The lowest BCUT2D eigenvalue weighted by atomic mass is 10.0. The van der Waals surface area contributed by atoms with E-state index in [9.17, 15) is 50.7 Å². The molecule has 0 bridgehead atoms. The summed E-state index contributed by atoms with van der Waals surface area (Å²) in [5.74, 6) is -6.31. The summed E-state index contributed by atoms with van der Waals surface area (Å²) >= 11 is 0. The quantitative estimate of drug-likeness (QED) is 0.0797. The molecule has 0 saturated carbocycles. The minimum absolute atomic E-state index is 0.00410. The first-order valence-electron chi connectivity index (χ1n) is 16.4. The van der Waals surface area contributed by atoms with Crippen molar-refractivity contribution in [3.8, 4) is 5.75 Å². The van der Waals surface area contributed by atoms with Crippen LogP contribution in [0.5, 0.6) is 5.75 Å². The van der Waals surface area contributed by atoms with Gasteiger partial charge in [0.25, 0.3) is 17.7 Å². The van der Waals surface area contributed by atoms with Gasteiger partial charge in [-0.3, -0.25) is 34.2 Å². The number of imide groups is 2. The summed E-state index contributed by atoms with van der Waals surface area (Å²) in [4.78, 5) is 83.6. The van der Waals surface area contributed by atoms with Crippen LogP contribution in [0.1, 0.15) is 57.3 Å². The molecule has 0 radical (unpaired) electrons. The summed E-state index contributed by atoms with van der Waals surface area (Å²) < 4.78 is 80.3. The monoisotopic (exact) mass is 772 g/mol. The third-order valence-corrected chi connectivity index (χ3v) is 8.52. The van der Waals surface area contributed by atoms with Crippen molar-refractivity contribution in [1.82, 2.24) is 30.8 Å². The van der Waals surface area contributed by atoms with E-state index in [0.717, 1.165) is 23.4 Å². The Labute approximate surface area is 306 Å². The van der Waals surface area contributed by atoms with E-state index < -0.39 is 83.4 Å². The highest BCUT2D eigenvalue weighted by Gasteiger charge is 2.47. The highest BCUT2D eigenvalue weighted by Crippen LogP contribution is 2.39. The molecule has 21 heteroatoms. The summed E-state index contributed by atoms with van der Waals surface area (Å²) in [5.41, 5.74) is -0.989. The van der Waals surface area contributed by atoms with Crippen LogP contribution in [-0.4, -0.2) is 82.3 Å². The molecular formula is C34H29F5N8O8. The lowest BCUT2D eigenvalue weighted by Crippen LogP contribution is -2.54. The zero-order valence-electron chi connectivity index (χ0n) is 28.4. The number of furan rings is 1. The molecule has 2 atom stereocenters. The number of urea groups is 1. The van der Waals surface area contributed by atoms with Crippen molar-refractivity contribution in [2.75, 3.05) is 30.3 Å². The molecule has 2 aromatic carbocycles. The molecule has 7 amide bonds. The normalized spacial score (nSPS) is 16.1. The van der Waals surface area contributed by atoms with Crippen molar-refractivity contribution >= 4 is 58.2 Å². The number of ether oxygens (including phenoxy) is 1. The van der Waals surface area contributed by atoms with E-state index in [2.05, 4.69) is 31.2 Å². The molecule has 2 aliphatic heterocycles. The standard InChI is InChI=1S/C34H29F5N8O8/c1-15-19-10-16(35)11-20(36)27(19)55-26(15)28(34(37,38)39)46-33(53)44-17-12-42-32(43-13-17)41-9-3-8-40-24(49)14-54-22-5-2-4-18-25(22)31(52)47(30(18)51)21-6-7-23(48)45-29(21)50/h2,4-5,10-13,21,28H,3,6-9,14H2,1H3,(H,40,49)(H,41,42,43)(H2,44,46,53)(H,45,48,50)/t21?,28-/m1/s1. The molecule has 55 heavy (non-hydrogen) atoms. The summed E-state index contributed by atoms with van der Waals surface area (Å²) in [6.45, 7) is 1.08. The topological polar surface area (TPSA) is 214 Å². The number of anilines is 2. The highest BCUT2D eigenvalue weighted by molar-refractivity contribution is 6.24. The van der Waals surface area contributed by atoms with E-state index in [1.54, 1.807) is 5.32 Å². The number of halogens is 5. The van der Waals surface area contributed by atoms with Gasteiger partial charge in [0, 0.05) is 36.5 Å². The second-order valence-corrected chi connectivity index (χ2v) is 12.3. The Morgan fingerprint density at radius 2 is 1.82 bits per heavy atom. The van der Waals surface area contributed by atoms with Gasteiger partial charge >= 0.3 is 12.2 Å². The van der Waals surface area contributed by atoms with Crippen LogP contribution < -0.4 is 31.3 Å². The molecule has 288 valence electrons. The zero-order chi connectivity index (χ0) is 39.6. The number of carbonyl (C=O) groups excluding carboxylic acids is 6. The zero-order valence-corrected chi connectivity index (χ0v) is 28.4. The van der Waals surface area contributed by atoms with Crippen LogP contribution in [-0.2, 0) is 14.4 Å². The molecule has 1 fully saturated rings. The summed E-state index contributed by atoms with van der Waals surface area (Å²) in [7, 11) is 0. The third kappa shape index (κ3) is 8.14. The van der Waals surface area contributed by atoms with Gasteiger partial charge in [0.2, 0.25) is 17.8 Å². The Balaban J connectivity index is 0.942. The Hall–Kier alpha value is -6.67. The Kier molecular flexibility index (Phi) is 10.6. The van der Waals surface area contributed by atoms with Crippen molar-refractivity contribution in [2.45, 2.75) is 44.4 Å². The molecule has 5 N–H and O–H groups in total. The number of benzene rings is 2. The van der Waals surface area contributed by atoms with E-state index in [-0.39, 0.29) is 65.4 Å². The summed E-state index contributed by atoms with van der Waals surface area (Å²) in [6.07, 6.45) is -2.54. The molecule has 4 heterocycles. The van der Waals surface area contributed by atoms with Gasteiger partial charge in [-0.2, -0.15) is 13.2 Å². The lowest BCUT2D eigenvalue weighted by molar-refractivity contribution is -0.158. The van der Waals surface area contributed by atoms with Crippen molar-refractivity contribution < 1.29 is 59.9 Å². The number of alkyl halides is 3. The van der Waals surface area contributed by atoms with Crippen LogP contribution in [0.4, 0.5) is 38.4 Å². The van der Waals surface area contributed by atoms with Crippen LogP contribution in [0, 0.1) is 18.6 Å². The number of aromatic nitrogens is 2. The molecule has 0 aliphatic carbocycles. The van der Waals surface area contributed by atoms with E-state index in [4.69, 9.17) is 9.15 Å². The van der Waals surface area contributed by atoms with Crippen molar-refractivity contribution in [3.05, 3.63) is 76.8 Å². The number of hydrogen-bond acceptors (Lipinski definition) is 11. The second kappa shape index (κ2) is 15.4.